The molecule has 1 rings (SSSR count). The quantitative estimate of drug-likeness (QED) is 0.449. The Morgan fingerprint density at radius 1 is 1.25 bits per heavy atom. The molecule has 0 saturated heterocycles. The lowest BCUT2D eigenvalue weighted by atomic mass is 10.4. The van der Waals surface area contributed by atoms with Crippen LogP contribution in [0.25, 0.3) is 0 Å². The first kappa shape index (κ1) is 12.3. The fraction of sp³-hybridized carbons (Fsp3) is 0.100. The van der Waals surface area contributed by atoms with Crippen molar-refractivity contribution in [2.24, 2.45) is 0 Å². The zero-order valence-electron chi connectivity index (χ0n) is 8.54. The summed E-state index contributed by atoms with van der Waals surface area (Å²) in [7, 11) is -2.91. The van der Waals surface area contributed by atoms with Gasteiger partial charge in [0.15, 0.2) is 5.76 Å². The molecule has 0 aliphatic carbocycles. The van der Waals surface area contributed by atoms with E-state index in [9.17, 15) is 13.2 Å². The Bertz CT molecular complexity index is 489. The highest BCUT2D eigenvalue weighted by Gasteiger charge is 2.21. The Hall–Kier alpha value is -1.82. The van der Waals surface area contributed by atoms with E-state index in [0.29, 0.717) is 0 Å². The maximum Gasteiger partial charge on any atom is 0.388 e. The van der Waals surface area contributed by atoms with E-state index in [-0.39, 0.29) is 10.7 Å². The second-order valence-corrected chi connectivity index (χ2v) is 4.31. The van der Waals surface area contributed by atoms with Gasteiger partial charge in [0.05, 0.1) is 7.11 Å². The maximum absolute atomic E-state index is 11.5. The summed E-state index contributed by atoms with van der Waals surface area (Å²) >= 11 is 0. The van der Waals surface area contributed by atoms with Gasteiger partial charge in [0.25, 0.3) is 0 Å². The SMILES string of the molecule is C=C(OC)C(=O)OS(=O)(=O)c1ccccc1. The number of benzene rings is 1. The Labute approximate surface area is 93.4 Å². The van der Waals surface area contributed by atoms with Gasteiger partial charge in [-0.05, 0) is 18.7 Å². The van der Waals surface area contributed by atoms with E-state index in [4.69, 9.17) is 0 Å². The lowest BCUT2D eigenvalue weighted by Gasteiger charge is -2.05. The van der Waals surface area contributed by atoms with E-state index in [2.05, 4.69) is 15.5 Å². The molecule has 0 bridgehead atoms. The second-order valence-electron chi connectivity index (χ2n) is 2.77. The van der Waals surface area contributed by atoms with Gasteiger partial charge >= 0.3 is 16.1 Å². The first-order valence-electron chi connectivity index (χ1n) is 4.24. The highest BCUT2D eigenvalue weighted by Crippen LogP contribution is 2.12. The molecule has 1 aromatic carbocycles. The van der Waals surface area contributed by atoms with Crippen molar-refractivity contribution < 1.29 is 22.1 Å². The van der Waals surface area contributed by atoms with Gasteiger partial charge in [0.1, 0.15) is 4.90 Å². The lowest BCUT2D eigenvalue weighted by molar-refractivity contribution is -0.132. The number of ether oxygens (including phenoxy) is 1. The van der Waals surface area contributed by atoms with Crippen LogP contribution in [0.5, 0.6) is 0 Å². The monoisotopic (exact) mass is 242 g/mol. The van der Waals surface area contributed by atoms with Crippen molar-refractivity contribution in [3.8, 4) is 0 Å². The molecule has 5 nitrogen and oxygen atoms in total. The van der Waals surface area contributed by atoms with E-state index in [1.165, 1.54) is 31.4 Å². The number of hydrogen-bond donors (Lipinski definition) is 0. The largest absolute Gasteiger partial charge is 0.490 e. The zero-order valence-corrected chi connectivity index (χ0v) is 9.36. The number of carbonyl (C=O) groups excluding carboxylic acids is 1. The van der Waals surface area contributed by atoms with Crippen LogP contribution in [-0.2, 0) is 23.8 Å². The molecule has 0 aromatic heterocycles. The average molecular weight is 242 g/mol. The summed E-state index contributed by atoms with van der Waals surface area (Å²) in [4.78, 5) is 11.0. The second kappa shape index (κ2) is 4.80. The first-order chi connectivity index (χ1) is 7.47. The molecule has 0 heterocycles. The molecule has 0 unspecified atom stereocenters. The molecule has 0 fully saturated rings. The highest BCUT2D eigenvalue weighted by molar-refractivity contribution is 7.87. The number of carbonyl (C=O) groups is 1. The third kappa shape index (κ3) is 2.83. The summed E-state index contributed by atoms with van der Waals surface area (Å²) in [5, 5.41) is 0. The van der Waals surface area contributed by atoms with Crippen LogP contribution in [0.2, 0.25) is 0 Å². The molecule has 86 valence electrons. The standard InChI is InChI=1S/C10H10O5S/c1-8(14-2)10(11)15-16(12,13)9-6-4-3-5-7-9/h3-7H,1H2,2H3. The summed E-state index contributed by atoms with van der Waals surface area (Å²) in [5.41, 5.74) is 0. The molecule has 0 atom stereocenters. The van der Waals surface area contributed by atoms with Crippen LogP contribution in [0.15, 0.2) is 47.6 Å². The summed E-state index contributed by atoms with van der Waals surface area (Å²) in [6, 6.07) is 7.32. The predicted molar refractivity (Wildman–Crippen MR) is 55.9 cm³/mol. The van der Waals surface area contributed by atoms with Crippen molar-refractivity contribution in [1.82, 2.24) is 0 Å². The van der Waals surface area contributed by atoms with E-state index < -0.39 is 16.1 Å². The molecule has 0 saturated carbocycles. The minimum absolute atomic E-state index is 0.104. The van der Waals surface area contributed by atoms with Crippen LogP contribution >= 0.6 is 0 Å². The summed E-state index contributed by atoms with van der Waals surface area (Å²) in [5.74, 6) is -1.51. The Morgan fingerprint density at radius 3 is 2.31 bits per heavy atom. The molecular formula is C10H10O5S. The van der Waals surface area contributed by atoms with Crippen molar-refractivity contribution in [1.29, 1.82) is 0 Å². The maximum atomic E-state index is 11.5. The van der Waals surface area contributed by atoms with Crippen molar-refractivity contribution in [2.45, 2.75) is 4.90 Å². The molecule has 0 radical (unpaired) electrons. The molecule has 1 aromatic rings. The molecule has 0 N–H and O–H groups in total. The van der Waals surface area contributed by atoms with Gasteiger partial charge in [0.2, 0.25) is 0 Å². The molecule has 16 heavy (non-hydrogen) atoms. The van der Waals surface area contributed by atoms with Crippen molar-refractivity contribution in [3.63, 3.8) is 0 Å². The van der Waals surface area contributed by atoms with Crippen LogP contribution < -0.4 is 0 Å². The van der Waals surface area contributed by atoms with Gasteiger partial charge in [-0.3, -0.25) is 0 Å². The molecular weight excluding hydrogens is 232 g/mol. The highest BCUT2D eigenvalue weighted by atomic mass is 32.2. The van der Waals surface area contributed by atoms with E-state index in [0.717, 1.165) is 0 Å². The Kier molecular flexibility index (Phi) is 3.68. The van der Waals surface area contributed by atoms with Crippen LogP contribution in [0, 0.1) is 0 Å². The van der Waals surface area contributed by atoms with Gasteiger partial charge in [-0.1, -0.05) is 18.2 Å². The third-order valence-corrected chi connectivity index (χ3v) is 2.91. The van der Waals surface area contributed by atoms with Gasteiger partial charge < -0.3 is 8.92 Å². The van der Waals surface area contributed by atoms with E-state index in [1.807, 2.05) is 0 Å². The molecule has 0 aliphatic heterocycles. The van der Waals surface area contributed by atoms with Crippen LogP contribution in [0.3, 0.4) is 0 Å². The Morgan fingerprint density at radius 2 is 1.81 bits per heavy atom. The van der Waals surface area contributed by atoms with Gasteiger partial charge in [-0.15, -0.1) is 0 Å². The summed E-state index contributed by atoms with van der Waals surface area (Å²) < 4.78 is 31.8. The van der Waals surface area contributed by atoms with Crippen LogP contribution in [0.4, 0.5) is 0 Å². The number of hydrogen-bond acceptors (Lipinski definition) is 5. The molecule has 0 aliphatic rings. The van der Waals surface area contributed by atoms with Gasteiger partial charge in [-0.2, -0.15) is 8.42 Å². The predicted octanol–water partition coefficient (Wildman–Crippen LogP) is 1.08. The minimum Gasteiger partial charge on any atom is -0.490 e. The molecule has 0 spiro atoms. The number of rotatable bonds is 4. The fourth-order valence-electron chi connectivity index (χ4n) is 0.865. The van der Waals surface area contributed by atoms with Gasteiger partial charge in [-0.25, -0.2) is 4.79 Å². The van der Waals surface area contributed by atoms with E-state index >= 15 is 0 Å². The van der Waals surface area contributed by atoms with Gasteiger partial charge in [0, 0.05) is 0 Å². The zero-order chi connectivity index (χ0) is 12.2. The summed E-state index contributed by atoms with van der Waals surface area (Å²) in [6.07, 6.45) is 0. The van der Waals surface area contributed by atoms with Crippen molar-refractivity contribution in [2.75, 3.05) is 7.11 Å². The average Bonchev–Trinajstić information content (AvgIpc) is 2.28. The Balaban J connectivity index is 2.90. The smallest absolute Gasteiger partial charge is 0.388 e. The third-order valence-electron chi connectivity index (χ3n) is 1.69. The van der Waals surface area contributed by atoms with E-state index in [1.54, 1.807) is 6.07 Å². The number of methoxy groups -OCH3 is 1. The normalized spacial score (nSPS) is 10.6. The van der Waals surface area contributed by atoms with Crippen LogP contribution in [0.1, 0.15) is 0 Å². The van der Waals surface area contributed by atoms with Crippen LogP contribution in [-0.4, -0.2) is 21.5 Å². The topological polar surface area (TPSA) is 69.7 Å². The van der Waals surface area contributed by atoms with Crippen molar-refractivity contribution in [3.05, 3.63) is 42.7 Å². The fourth-order valence-corrected chi connectivity index (χ4v) is 1.74. The lowest BCUT2D eigenvalue weighted by Crippen LogP contribution is -2.15. The van der Waals surface area contributed by atoms with Crippen molar-refractivity contribution >= 4 is 16.1 Å². The molecule has 0 amide bonds. The summed E-state index contributed by atoms with van der Waals surface area (Å²) in [6.45, 7) is 3.19. The molecule has 6 heteroatoms. The minimum atomic E-state index is -4.10. The first-order valence-corrected chi connectivity index (χ1v) is 5.65.